The zero-order chi connectivity index (χ0) is 20.4. The van der Waals surface area contributed by atoms with Crippen LogP contribution in [0.15, 0.2) is 48.5 Å². The fourth-order valence-corrected chi connectivity index (χ4v) is 4.73. The van der Waals surface area contributed by atoms with Crippen LogP contribution in [0.1, 0.15) is 11.1 Å². The third-order valence-corrected chi connectivity index (χ3v) is 6.42. The molecule has 0 unspecified atom stereocenters. The highest BCUT2D eigenvalue weighted by Gasteiger charge is 2.32. The van der Waals surface area contributed by atoms with E-state index >= 15 is 0 Å². The summed E-state index contributed by atoms with van der Waals surface area (Å²) in [5.74, 6) is 0.798. The average Bonchev–Trinajstić information content (AvgIpc) is 3.18. The van der Waals surface area contributed by atoms with Crippen LogP contribution in [0, 0.1) is 0 Å². The lowest BCUT2D eigenvalue weighted by atomic mass is 10.1. The van der Waals surface area contributed by atoms with E-state index in [2.05, 4.69) is 10.6 Å². The molecule has 2 aliphatic heterocycles. The maximum atomic E-state index is 11.6. The Hall–Kier alpha value is -2.78. The molecule has 2 saturated heterocycles. The topological polar surface area (TPSA) is 102 Å². The molecule has 148 valence electrons. The number of rotatable bonds is 6. The van der Waals surface area contributed by atoms with E-state index in [1.165, 1.54) is 0 Å². The quantitative estimate of drug-likeness (QED) is 0.728. The summed E-state index contributed by atoms with van der Waals surface area (Å²) in [4.78, 5) is 45.8. The predicted octanol–water partition coefficient (Wildman–Crippen LogP) is 3.27. The molecule has 0 saturated carbocycles. The van der Waals surface area contributed by atoms with Crippen molar-refractivity contribution in [2.45, 2.75) is 23.3 Å². The van der Waals surface area contributed by atoms with Gasteiger partial charge in [-0.1, -0.05) is 47.8 Å². The zero-order valence-electron chi connectivity index (χ0n) is 15.0. The van der Waals surface area contributed by atoms with Crippen molar-refractivity contribution in [1.82, 2.24) is 10.6 Å². The van der Waals surface area contributed by atoms with Crippen LogP contribution < -0.4 is 15.4 Å². The molecule has 0 spiro atoms. The van der Waals surface area contributed by atoms with Gasteiger partial charge in [0.15, 0.2) is 0 Å². The molecule has 0 aliphatic carbocycles. The van der Waals surface area contributed by atoms with E-state index in [4.69, 9.17) is 4.74 Å². The van der Waals surface area contributed by atoms with Gasteiger partial charge in [-0.2, -0.15) is 0 Å². The fourth-order valence-electron chi connectivity index (χ4n) is 3.01. The van der Waals surface area contributed by atoms with Crippen LogP contribution in [0.4, 0.5) is 9.59 Å². The van der Waals surface area contributed by atoms with Crippen molar-refractivity contribution in [2.24, 2.45) is 0 Å². The van der Waals surface area contributed by atoms with Crippen LogP contribution >= 0.6 is 23.5 Å². The van der Waals surface area contributed by atoms with Crippen LogP contribution in [0.25, 0.3) is 0 Å². The van der Waals surface area contributed by atoms with Crippen molar-refractivity contribution < 1.29 is 23.9 Å². The van der Waals surface area contributed by atoms with Gasteiger partial charge < -0.3 is 4.74 Å². The number of ether oxygens (including phenoxy) is 1. The summed E-state index contributed by atoms with van der Waals surface area (Å²) in [6.07, 6.45) is 0.957. The summed E-state index contributed by atoms with van der Waals surface area (Å²) in [7, 11) is 0. The van der Waals surface area contributed by atoms with Crippen LogP contribution in [-0.4, -0.2) is 32.8 Å². The number of hydrogen-bond acceptors (Lipinski definition) is 7. The largest absolute Gasteiger partial charge is 0.457 e. The van der Waals surface area contributed by atoms with Gasteiger partial charge in [0.25, 0.3) is 10.5 Å². The van der Waals surface area contributed by atoms with E-state index in [1.807, 2.05) is 48.5 Å². The highest BCUT2D eigenvalue weighted by atomic mass is 32.2. The Labute approximate surface area is 175 Å². The lowest BCUT2D eigenvalue weighted by Gasteiger charge is -2.10. The van der Waals surface area contributed by atoms with Gasteiger partial charge in [-0.3, -0.25) is 29.8 Å². The molecule has 2 atom stereocenters. The molecule has 29 heavy (non-hydrogen) atoms. The second-order valence-electron chi connectivity index (χ2n) is 6.56. The Morgan fingerprint density at radius 1 is 0.655 bits per heavy atom. The minimum absolute atomic E-state index is 0.252. The Bertz CT molecular complexity index is 896. The van der Waals surface area contributed by atoms with Crippen molar-refractivity contribution in [2.75, 3.05) is 0 Å². The number of nitrogens with one attached hydrogen (secondary N) is 2. The lowest BCUT2D eigenvalue weighted by molar-refractivity contribution is -0.119. The fraction of sp³-hybridized carbons (Fsp3) is 0.200. The number of thioether (sulfide) groups is 2. The summed E-state index contributed by atoms with van der Waals surface area (Å²) in [5, 5.41) is 3.18. The predicted molar refractivity (Wildman–Crippen MR) is 110 cm³/mol. The highest BCUT2D eigenvalue weighted by molar-refractivity contribution is 8.15. The van der Waals surface area contributed by atoms with E-state index in [1.54, 1.807) is 0 Å². The molecular weight excluding hydrogens is 412 g/mol. The SMILES string of the molecule is O=C1NC(=O)[C@H](Cc2ccc(Oc3ccc(C[C@H]4SC(=O)NC4=O)cc3)cc2)S1. The average molecular weight is 428 g/mol. The van der Waals surface area contributed by atoms with E-state index in [-0.39, 0.29) is 22.3 Å². The van der Waals surface area contributed by atoms with Crippen molar-refractivity contribution in [3.8, 4) is 11.5 Å². The number of amides is 4. The molecule has 9 heteroatoms. The number of imide groups is 2. The molecule has 2 N–H and O–H groups in total. The van der Waals surface area contributed by atoms with Crippen LogP contribution in [0.2, 0.25) is 0 Å². The Kier molecular flexibility index (Phi) is 5.59. The zero-order valence-corrected chi connectivity index (χ0v) is 16.7. The highest BCUT2D eigenvalue weighted by Crippen LogP contribution is 2.27. The van der Waals surface area contributed by atoms with Crippen LogP contribution in [0.5, 0.6) is 11.5 Å². The van der Waals surface area contributed by atoms with E-state index in [0.717, 1.165) is 34.7 Å². The maximum Gasteiger partial charge on any atom is 0.286 e. The number of carbonyl (C=O) groups is 4. The van der Waals surface area contributed by atoms with E-state index in [9.17, 15) is 19.2 Å². The molecule has 2 aromatic carbocycles. The second kappa shape index (κ2) is 8.30. The first-order chi connectivity index (χ1) is 14.0. The first-order valence-electron chi connectivity index (χ1n) is 8.85. The summed E-state index contributed by atoms with van der Waals surface area (Å²) in [6, 6.07) is 14.7. The lowest BCUT2D eigenvalue weighted by Crippen LogP contribution is -2.25. The first-order valence-corrected chi connectivity index (χ1v) is 10.6. The standard InChI is InChI=1S/C20H16N2O5S2/c23-17-15(28-19(25)21-17)9-11-1-5-13(6-2-11)27-14-7-3-12(4-8-14)10-16-18(24)22-20(26)29-16/h1-8,15-16H,9-10H2,(H,21,23,25)(H,22,24,26)/t15-,16+. The van der Waals surface area contributed by atoms with Gasteiger partial charge in [-0.05, 0) is 48.2 Å². The third-order valence-electron chi connectivity index (χ3n) is 4.46. The molecule has 2 heterocycles. The van der Waals surface area contributed by atoms with Gasteiger partial charge in [0.1, 0.15) is 11.5 Å². The molecular formula is C20H16N2O5S2. The van der Waals surface area contributed by atoms with E-state index < -0.39 is 10.5 Å². The molecule has 0 bridgehead atoms. The summed E-state index contributed by atoms with van der Waals surface area (Å²) in [6.45, 7) is 0. The first kappa shape index (κ1) is 19.5. The molecule has 2 fully saturated rings. The summed E-state index contributed by atoms with van der Waals surface area (Å²) >= 11 is 2.02. The van der Waals surface area contributed by atoms with Crippen molar-refractivity contribution in [1.29, 1.82) is 0 Å². The molecule has 2 aromatic rings. The molecule has 7 nitrogen and oxygen atoms in total. The van der Waals surface area contributed by atoms with Gasteiger partial charge in [0.2, 0.25) is 11.8 Å². The van der Waals surface area contributed by atoms with Crippen molar-refractivity contribution >= 4 is 45.8 Å². The Morgan fingerprint density at radius 2 is 1.03 bits per heavy atom. The molecule has 4 amide bonds. The van der Waals surface area contributed by atoms with Crippen LogP contribution in [0.3, 0.4) is 0 Å². The maximum absolute atomic E-state index is 11.6. The van der Waals surface area contributed by atoms with Gasteiger partial charge >= 0.3 is 0 Å². The third kappa shape index (κ3) is 4.80. The van der Waals surface area contributed by atoms with E-state index in [0.29, 0.717) is 24.3 Å². The van der Waals surface area contributed by atoms with Gasteiger partial charge in [-0.15, -0.1) is 0 Å². The van der Waals surface area contributed by atoms with Gasteiger partial charge in [0, 0.05) is 0 Å². The number of benzene rings is 2. The Morgan fingerprint density at radius 3 is 1.34 bits per heavy atom. The van der Waals surface area contributed by atoms with Gasteiger partial charge in [0.05, 0.1) is 10.5 Å². The molecule has 4 rings (SSSR count). The minimum atomic E-state index is -0.391. The monoisotopic (exact) mass is 428 g/mol. The number of carbonyl (C=O) groups excluding carboxylic acids is 4. The Balaban J connectivity index is 1.33. The second-order valence-corrected chi connectivity index (χ2v) is 8.92. The van der Waals surface area contributed by atoms with Crippen molar-refractivity contribution in [3.63, 3.8) is 0 Å². The summed E-state index contributed by atoms with van der Waals surface area (Å²) in [5.41, 5.74) is 1.88. The summed E-state index contributed by atoms with van der Waals surface area (Å²) < 4.78 is 5.83. The molecule has 2 aliphatic rings. The van der Waals surface area contributed by atoms with Crippen molar-refractivity contribution in [3.05, 3.63) is 59.7 Å². The normalized spacial score (nSPS) is 21.2. The smallest absolute Gasteiger partial charge is 0.286 e. The minimum Gasteiger partial charge on any atom is -0.457 e. The van der Waals surface area contributed by atoms with Gasteiger partial charge in [-0.25, -0.2) is 0 Å². The number of hydrogen-bond donors (Lipinski definition) is 2. The van der Waals surface area contributed by atoms with Crippen LogP contribution in [-0.2, 0) is 22.4 Å². The molecule has 0 aromatic heterocycles. The molecule has 0 radical (unpaired) electrons.